The van der Waals surface area contributed by atoms with Gasteiger partial charge in [0.05, 0.1) is 0 Å². The number of allylic oxidation sites excluding steroid dienone is 3. The summed E-state index contributed by atoms with van der Waals surface area (Å²) in [6.45, 7) is 4.08. The lowest BCUT2D eigenvalue weighted by atomic mass is 10.1. The number of hydrogen-bond acceptors (Lipinski definition) is 2. The van der Waals surface area contributed by atoms with Gasteiger partial charge in [-0.2, -0.15) is 0 Å². The maximum atomic E-state index is 10.7. The molecule has 3 N–H and O–H groups in total. The zero-order chi connectivity index (χ0) is 8.27. The van der Waals surface area contributed by atoms with Gasteiger partial charge in [0.15, 0.2) is 0 Å². The summed E-state index contributed by atoms with van der Waals surface area (Å²) in [6, 6.07) is 0. The number of primary amides is 1. The van der Waals surface area contributed by atoms with Crippen molar-refractivity contribution in [3.8, 4) is 0 Å². The normalized spacial score (nSPS) is 16.0. The molecule has 0 unspecified atom stereocenters. The zero-order valence-electron chi connectivity index (χ0n) is 6.13. The van der Waals surface area contributed by atoms with Crippen molar-refractivity contribution in [1.82, 2.24) is 5.32 Å². The Morgan fingerprint density at radius 2 is 2.55 bits per heavy atom. The Bertz CT molecular complexity index is 251. The smallest absolute Gasteiger partial charge is 0.246 e. The highest BCUT2D eigenvalue weighted by molar-refractivity contribution is 5.93. The van der Waals surface area contributed by atoms with Crippen LogP contribution in [0, 0.1) is 0 Å². The SMILES string of the molecule is C=CC1=CNCC(C(N)=O)=C1. The van der Waals surface area contributed by atoms with E-state index in [1.165, 1.54) is 0 Å². The summed E-state index contributed by atoms with van der Waals surface area (Å²) in [7, 11) is 0. The molecule has 3 heteroatoms. The van der Waals surface area contributed by atoms with Crippen molar-refractivity contribution in [2.75, 3.05) is 6.54 Å². The summed E-state index contributed by atoms with van der Waals surface area (Å²) in [6.07, 6.45) is 5.18. The first-order valence-electron chi connectivity index (χ1n) is 3.30. The minimum atomic E-state index is -0.384. The highest BCUT2D eigenvalue weighted by atomic mass is 16.1. The zero-order valence-corrected chi connectivity index (χ0v) is 6.13. The third-order valence-electron chi connectivity index (χ3n) is 1.45. The molecule has 0 saturated heterocycles. The maximum Gasteiger partial charge on any atom is 0.246 e. The molecular weight excluding hydrogens is 140 g/mol. The third-order valence-corrected chi connectivity index (χ3v) is 1.45. The van der Waals surface area contributed by atoms with E-state index < -0.39 is 0 Å². The van der Waals surface area contributed by atoms with E-state index in [0.29, 0.717) is 12.1 Å². The summed E-state index contributed by atoms with van der Waals surface area (Å²) in [5.41, 5.74) is 6.54. The van der Waals surface area contributed by atoms with Crippen LogP contribution < -0.4 is 11.1 Å². The van der Waals surface area contributed by atoms with Crippen LogP contribution in [0.4, 0.5) is 0 Å². The molecule has 58 valence electrons. The average Bonchev–Trinajstić information content (AvgIpc) is 2.05. The topological polar surface area (TPSA) is 55.1 Å². The number of nitrogens with one attached hydrogen (secondary N) is 1. The van der Waals surface area contributed by atoms with Gasteiger partial charge in [-0.3, -0.25) is 4.79 Å². The van der Waals surface area contributed by atoms with Gasteiger partial charge in [0.2, 0.25) is 5.91 Å². The van der Waals surface area contributed by atoms with Crippen molar-refractivity contribution in [3.05, 3.63) is 36.1 Å². The number of rotatable bonds is 2. The Balaban J connectivity index is 2.84. The van der Waals surface area contributed by atoms with Crippen LogP contribution in [0.1, 0.15) is 0 Å². The van der Waals surface area contributed by atoms with Gasteiger partial charge >= 0.3 is 0 Å². The molecule has 0 aliphatic carbocycles. The molecular formula is C8H10N2O. The van der Waals surface area contributed by atoms with Crippen LogP contribution in [0.25, 0.3) is 0 Å². The molecule has 3 nitrogen and oxygen atoms in total. The van der Waals surface area contributed by atoms with E-state index in [0.717, 1.165) is 5.57 Å². The van der Waals surface area contributed by atoms with E-state index in [9.17, 15) is 4.79 Å². The summed E-state index contributed by atoms with van der Waals surface area (Å²) < 4.78 is 0. The monoisotopic (exact) mass is 150 g/mol. The predicted octanol–water partition coefficient (Wildman–Crippen LogP) is 0.0712. The minimum absolute atomic E-state index is 0.384. The molecule has 11 heavy (non-hydrogen) atoms. The van der Waals surface area contributed by atoms with Crippen molar-refractivity contribution >= 4 is 5.91 Å². The van der Waals surface area contributed by atoms with Crippen LogP contribution in [0.3, 0.4) is 0 Å². The first-order valence-corrected chi connectivity index (χ1v) is 3.30. The molecule has 1 rings (SSSR count). The highest BCUT2D eigenvalue weighted by Crippen LogP contribution is 2.06. The fraction of sp³-hybridized carbons (Fsp3) is 0.125. The minimum Gasteiger partial charge on any atom is -0.386 e. The highest BCUT2D eigenvalue weighted by Gasteiger charge is 2.07. The van der Waals surface area contributed by atoms with Gasteiger partial charge in [0.25, 0.3) is 0 Å². The van der Waals surface area contributed by atoms with Crippen LogP contribution in [-0.2, 0) is 4.79 Å². The van der Waals surface area contributed by atoms with Crippen LogP contribution in [0.15, 0.2) is 36.1 Å². The molecule has 0 spiro atoms. The van der Waals surface area contributed by atoms with Crippen molar-refractivity contribution in [1.29, 1.82) is 0 Å². The standard InChI is InChI=1S/C8H10N2O/c1-2-6-3-7(8(9)11)5-10-4-6/h2-4,10H,1,5H2,(H2,9,11). The number of nitrogens with two attached hydrogens (primary N) is 1. The van der Waals surface area contributed by atoms with Crippen LogP contribution in [0.5, 0.6) is 0 Å². The number of dihydropyridines is 1. The van der Waals surface area contributed by atoms with E-state index in [-0.39, 0.29) is 5.91 Å². The summed E-state index contributed by atoms with van der Waals surface area (Å²) in [4.78, 5) is 10.7. The average molecular weight is 150 g/mol. The van der Waals surface area contributed by atoms with Gasteiger partial charge in [0, 0.05) is 18.3 Å². The van der Waals surface area contributed by atoms with E-state index in [2.05, 4.69) is 11.9 Å². The lowest BCUT2D eigenvalue weighted by Gasteiger charge is -2.09. The van der Waals surface area contributed by atoms with Crippen molar-refractivity contribution < 1.29 is 4.79 Å². The van der Waals surface area contributed by atoms with E-state index in [1.807, 2.05) is 0 Å². The second-order valence-corrected chi connectivity index (χ2v) is 2.26. The molecule has 0 aromatic carbocycles. The van der Waals surface area contributed by atoms with Crippen molar-refractivity contribution in [3.63, 3.8) is 0 Å². The van der Waals surface area contributed by atoms with Gasteiger partial charge in [0.1, 0.15) is 0 Å². The fourth-order valence-electron chi connectivity index (χ4n) is 0.849. The van der Waals surface area contributed by atoms with E-state index in [1.54, 1.807) is 18.4 Å². The summed E-state index contributed by atoms with van der Waals surface area (Å²) in [5, 5.41) is 2.91. The van der Waals surface area contributed by atoms with Gasteiger partial charge in [-0.05, 0) is 11.6 Å². The van der Waals surface area contributed by atoms with E-state index >= 15 is 0 Å². The summed E-state index contributed by atoms with van der Waals surface area (Å²) >= 11 is 0. The maximum absolute atomic E-state index is 10.7. The van der Waals surface area contributed by atoms with Crippen LogP contribution in [-0.4, -0.2) is 12.5 Å². The molecule has 1 aliphatic rings. The number of amides is 1. The van der Waals surface area contributed by atoms with Crippen molar-refractivity contribution in [2.24, 2.45) is 5.73 Å². The summed E-state index contributed by atoms with van der Waals surface area (Å²) in [5.74, 6) is -0.384. The fourth-order valence-corrected chi connectivity index (χ4v) is 0.849. The lowest BCUT2D eigenvalue weighted by molar-refractivity contribution is -0.114. The molecule has 1 heterocycles. The predicted molar refractivity (Wildman–Crippen MR) is 43.6 cm³/mol. The first-order chi connectivity index (χ1) is 5.24. The largest absolute Gasteiger partial charge is 0.386 e. The Morgan fingerprint density at radius 1 is 1.82 bits per heavy atom. The number of carbonyl (C=O) groups is 1. The Kier molecular flexibility index (Phi) is 2.11. The second-order valence-electron chi connectivity index (χ2n) is 2.26. The Morgan fingerprint density at radius 3 is 3.09 bits per heavy atom. The lowest BCUT2D eigenvalue weighted by Crippen LogP contribution is -2.25. The van der Waals surface area contributed by atoms with E-state index in [4.69, 9.17) is 5.73 Å². The molecule has 0 radical (unpaired) electrons. The van der Waals surface area contributed by atoms with Gasteiger partial charge in [-0.25, -0.2) is 0 Å². The van der Waals surface area contributed by atoms with Gasteiger partial charge in [-0.15, -0.1) is 0 Å². The molecule has 1 aliphatic heterocycles. The third kappa shape index (κ3) is 1.70. The Hall–Kier alpha value is -1.51. The molecule has 1 amide bonds. The molecule has 0 bridgehead atoms. The molecule has 0 atom stereocenters. The quantitative estimate of drug-likeness (QED) is 0.585. The molecule has 0 aromatic rings. The second kappa shape index (κ2) is 3.05. The van der Waals surface area contributed by atoms with Crippen LogP contribution >= 0.6 is 0 Å². The number of carbonyl (C=O) groups excluding carboxylic acids is 1. The van der Waals surface area contributed by atoms with Crippen molar-refractivity contribution in [2.45, 2.75) is 0 Å². The molecule has 0 saturated carbocycles. The first kappa shape index (κ1) is 7.60. The number of hydrogen-bond donors (Lipinski definition) is 2. The molecule has 0 aromatic heterocycles. The molecule has 0 fully saturated rings. The van der Waals surface area contributed by atoms with Gasteiger partial charge < -0.3 is 11.1 Å². The van der Waals surface area contributed by atoms with Crippen LogP contribution in [0.2, 0.25) is 0 Å². The van der Waals surface area contributed by atoms with Gasteiger partial charge in [-0.1, -0.05) is 12.7 Å². The Labute approximate surface area is 65.3 Å².